The Morgan fingerprint density at radius 3 is 2.62 bits per heavy atom. The number of benzene rings is 1. The summed E-state index contributed by atoms with van der Waals surface area (Å²) in [5.74, 6) is 0.938. The summed E-state index contributed by atoms with van der Waals surface area (Å²) in [5, 5.41) is 12.6. The maximum Gasteiger partial charge on any atom is 0.214 e. The number of quaternary nitrogens is 1. The Labute approximate surface area is 143 Å². The fourth-order valence-electron chi connectivity index (χ4n) is 3.51. The van der Waals surface area contributed by atoms with Crippen molar-refractivity contribution in [3.8, 4) is 0 Å². The van der Waals surface area contributed by atoms with E-state index in [4.69, 9.17) is 4.74 Å². The van der Waals surface area contributed by atoms with Gasteiger partial charge in [0.1, 0.15) is 0 Å². The third-order valence-electron chi connectivity index (χ3n) is 4.95. The van der Waals surface area contributed by atoms with Crippen LogP contribution in [0.25, 0.3) is 0 Å². The molecule has 130 valence electrons. The lowest BCUT2D eigenvalue weighted by Gasteiger charge is -2.26. The molecule has 0 aliphatic carbocycles. The van der Waals surface area contributed by atoms with Crippen molar-refractivity contribution in [2.24, 2.45) is 0 Å². The van der Waals surface area contributed by atoms with Crippen LogP contribution in [-0.4, -0.2) is 46.0 Å². The van der Waals surface area contributed by atoms with Crippen LogP contribution < -0.4 is 4.90 Å². The number of hydrogen-bond donors (Lipinski definition) is 1. The molecule has 2 atom stereocenters. The molecule has 3 rings (SSSR count). The Balaban J connectivity index is 1.93. The number of aromatic nitrogens is 4. The predicted octanol–water partition coefficient (Wildman–Crippen LogP) is 1.17. The van der Waals surface area contributed by atoms with E-state index in [1.54, 1.807) is 0 Å². The van der Waals surface area contributed by atoms with Crippen molar-refractivity contribution in [2.45, 2.75) is 52.3 Å². The van der Waals surface area contributed by atoms with E-state index < -0.39 is 0 Å². The van der Waals surface area contributed by atoms with Gasteiger partial charge in [-0.1, -0.05) is 29.8 Å². The smallest absolute Gasteiger partial charge is 0.214 e. The first-order valence-corrected chi connectivity index (χ1v) is 9.01. The number of nitrogens with zero attached hydrogens (tertiary/aromatic N) is 4. The third-order valence-corrected chi connectivity index (χ3v) is 4.95. The van der Waals surface area contributed by atoms with E-state index in [2.05, 4.69) is 60.6 Å². The van der Waals surface area contributed by atoms with Crippen LogP contribution in [0.2, 0.25) is 0 Å². The van der Waals surface area contributed by atoms with E-state index >= 15 is 0 Å². The molecule has 0 spiro atoms. The third kappa shape index (κ3) is 3.65. The summed E-state index contributed by atoms with van der Waals surface area (Å²) < 4.78 is 7.72. The molecule has 6 nitrogen and oxygen atoms in total. The first-order chi connectivity index (χ1) is 11.7. The highest BCUT2D eigenvalue weighted by molar-refractivity contribution is 5.26. The van der Waals surface area contributed by atoms with Gasteiger partial charge in [0.25, 0.3) is 0 Å². The summed E-state index contributed by atoms with van der Waals surface area (Å²) in [6.07, 6.45) is 2.45. The van der Waals surface area contributed by atoms with Crippen LogP contribution in [0.4, 0.5) is 0 Å². The molecule has 2 aromatic rings. The maximum absolute atomic E-state index is 5.77. The van der Waals surface area contributed by atoms with Crippen LogP contribution >= 0.6 is 0 Å². The summed E-state index contributed by atoms with van der Waals surface area (Å²) >= 11 is 0. The standard InChI is InChI=1S/C18H27N5O/c1-4-22(5-2)17(15-10-8-14(3)9-11-15)18-19-20-21-23(18)13-16-7-6-12-24-16/h8-11,16-17H,4-7,12-13H2,1-3H3/p+1/t16-,17-/m1/s1. The number of nitrogens with one attached hydrogen (secondary N) is 1. The minimum Gasteiger partial charge on any atom is -0.376 e. The Hall–Kier alpha value is -1.79. The summed E-state index contributed by atoms with van der Waals surface area (Å²) in [5.41, 5.74) is 2.54. The summed E-state index contributed by atoms with van der Waals surface area (Å²) in [6.45, 7) is 10.2. The van der Waals surface area contributed by atoms with Crippen molar-refractivity contribution in [1.29, 1.82) is 0 Å². The van der Waals surface area contributed by atoms with E-state index in [1.807, 2.05) is 4.68 Å². The van der Waals surface area contributed by atoms with Gasteiger partial charge in [0, 0.05) is 12.2 Å². The van der Waals surface area contributed by atoms with Crippen molar-refractivity contribution >= 4 is 0 Å². The van der Waals surface area contributed by atoms with Gasteiger partial charge in [-0.15, -0.1) is 5.10 Å². The van der Waals surface area contributed by atoms with Crippen LogP contribution in [-0.2, 0) is 11.3 Å². The highest BCUT2D eigenvalue weighted by Crippen LogP contribution is 2.20. The second kappa shape index (κ2) is 7.85. The topological polar surface area (TPSA) is 57.3 Å². The monoisotopic (exact) mass is 330 g/mol. The van der Waals surface area contributed by atoms with Crippen LogP contribution in [0.3, 0.4) is 0 Å². The van der Waals surface area contributed by atoms with Gasteiger partial charge in [-0.05, 0) is 44.0 Å². The van der Waals surface area contributed by atoms with Gasteiger partial charge in [0.15, 0.2) is 6.04 Å². The normalized spacial score (nSPS) is 19.1. The fourth-order valence-corrected chi connectivity index (χ4v) is 3.51. The van der Waals surface area contributed by atoms with E-state index in [1.165, 1.54) is 16.0 Å². The number of hydrogen-bond acceptors (Lipinski definition) is 4. The van der Waals surface area contributed by atoms with Crippen molar-refractivity contribution in [2.75, 3.05) is 19.7 Å². The lowest BCUT2D eigenvalue weighted by Crippen LogP contribution is -3.12. The second-order valence-electron chi connectivity index (χ2n) is 6.56. The van der Waals surface area contributed by atoms with E-state index in [9.17, 15) is 0 Å². The molecule has 0 amide bonds. The molecule has 0 bridgehead atoms. The summed E-state index contributed by atoms with van der Waals surface area (Å²) in [4.78, 5) is 1.46. The predicted molar refractivity (Wildman–Crippen MR) is 91.9 cm³/mol. The van der Waals surface area contributed by atoms with E-state index in [0.29, 0.717) is 0 Å². The minimum atomic E-state index is 0.150. The molecule has 1 aromatic heterocycles. The molecule has 1 fully saturated rings. The van der Waals surface area contributed by atoms with Crippen LogP contribution in [0.1, 0.15) is 49.7 Å². The van der Waals surface area contributed by atoms with Gasteiger partial charge >= 0.3 is 0 Å². The van der Waals surface area contributed by atoms with Crippen molar-refractivity contribution in [3.05, 3.63) is 41.2 Å². The molecule has 24 heavy (non-hydrogen) atoms. The largest absolute Gasteiger partial charge is 0.376 e. The molecule has 2 heterocycles. The maximum atomic E-state index is 5.77. The zero-order valence-corrected chi connectivity index (χ0v) is 14.9. The van der Waals surface area contributed by atoms with Crippen LogP contribution in [0.5, 0.6) is 0 Å². The molecule has 1 saturated heterocycles. The number of rotatable bonds is 7. The molecule has 6 heteroatoms. The quantitative estimate of drug-likeness (QED) is 0.828. The molecule has 1 aliphatic rings. The Kier molecular flexibility index (Phi) is 5.58. The summed E-state index contributed by atoms with van der Waals surface area (Å²) in [6, 6.07) is 8.89. The highest BCUT2D eigenvalue weighted by Gasteiger charge is 2.31. The highest BCUT2D eigenvalue weighted by atomic mass is 16.5. The Morgan fingerprint density at radius 2 is 2.00 bits per heavy atom. The zero-order chi connectivity index (χ0) is 16.9. The average Bonchev–Trinajstić information content (AvgIpc) is 3.26. The van der Waals surface area contributed by atoms with Gasteiger partial charge in [-0.25, -0.2) is 4.68 Å². The average molecular weight is 330 g/mol. The van der Waals surface area contributed by atoms with E-state index in [0.717, 1.165) is 44.9 Å². The number of tetrazole rings is 1. The second-order valence-corrected chi connectivity index (χ2v) is 6.56. The Morgan fingerprint density at radius 1 is 1.25 bits per heavy atom. The molecule has 0 saturated carbocycles. The van der Waals surface area contributed by atoms with E-state index in [-0.39, 0.29) is 12.1 Å². The minimum absolute atomic E-state index is 0.150. The van der Waals surface area contributed by atoms with Gasteiger partial charge in [0.05, 0.1) is 25.7 Å². The lowest BCUT2D eigenvalue weighted by atomic mass is 10.0. The first-order valence-electron chi connectivity index (χ1n) is 9.01. The van der Waals surface area contributed by atoms with Crippen molar-refractivity contribution in [1.82, 2.24) is 20.2 Å². The van der Waals surface area contributed by atoms with Crippen molar-refractivity contribution in [3.63, 3.8) is 0 Å². The van der Waals surface area contributed by atoms with Gasteiger partial charge in [-0.2, -0.15) is 0 Å². The fraction of sp³-hybridized carbons (Fsp3) is 0.611. The molecular formula is C18H28N5O+. The molecule has 0 radical (unpaired) electrons. The van der Waals surface area contributed by atoms with Crippen LogP contribution in [0, 0.1) is 6.92 Å². The zero-order valence-electron chi connectivity index (χ0n) is 14.9. The first kappa shape index (κ1) is 17.0. The molecule has 1 aromatic carbocycles. The molecule has 1 N–H and O–H groups in total. The number of ether oxygens (including phenoxy) is 1. The SMILES string of the molecule is CC[NH+](CC)[C@H](c1ccc(C)cc1)c1nnnn1C[C@H]1CCCO1. The lowest BCUT2D eigenvalue weighted by molar-refractivity contribution is -0.923. The molecule has 0 unspecified atom stereocenters. The summed E-state index contributed by atoms with van der Waals surface area (Å²) in [7, 11) is 0. The molecular weight excluding hydrogens is 302 g/mol. The number of aryl methyl sites for hydroxylation is 1. The molecule has 1 aliphatic heterocycles. The van der Waals surface area contributed by atoms with Gasteiger partial charge in [0.2, 0.25) is 5.82 Å². The van der Waals surface area contributed by atoms with Crippen LogP contribution in [0.15, 0.2) is 24.3 Å². The van der Waals surface area contributed by atoms with Gasteiger partial charge in [-0.3, -0.25) is 0 Å². The van der Waals surface area contributed by atoms with Gasteiger partial charge < -0.3 is 9.64 Å². The Bertz CT molecular complexity index is 629. The van der Waals surface area contributed by atoms with Crippen molar-refractivity contribution < 1.29 is 9.64 Å².